The highest BCUT2D eigenvalue weighted by Crippen LogP contribution is 2.21. The van der Waals surface area contributed by atoms with E-state index >= 15 is 0 Å². The minimum Gasteiger partial charge on any atom is -0.452 e. The number of nitrogens with one attached hydrogen (secondary N) is 1. The number of nitrogens with zero attached hydrogens (tertiary/aromatic N) is 1. The molecule has 1 heterocycles. The number of ether oxygens (including phenoxy) is 1. The zero-order chi connectivity index (χ0) is 23.8. The van der Waals surface area contributed by atoms with Crippen LogP contribution in [-0.2, 0) is 24.3 Å². The highest BCUT2D eigenvalue weighted by atomic mass is 35.5. The van der Waals surface area contributed by atoms with Crippen molar-refractivity contribution in [3.8, 4) is 0 Å². The molecule has 0 atom stereocenters. The number of anilines is 1. The topological polar surface area (TPSA) is 92.8 Å². The molecule has 176 valence electrons. The zero-order valence-electron chi connectivity index (χ0n) is 17.8. The van der Waals surface area contributed by atoms with Crippen molar-refractivity contribution < 1.29 is 27.1 Å². The summed E-state index contributed by atoms with van der Waals surface area (Å²) < 4.78 is 45.1. The second kappa shape index (κ2) is 11.4. The third kappa shape index (κ3) is 7.12. The van der Waals surface area contributed by atoms with E-state index in [-0.39, 0.29) is 15.6 Å². The highest BCUT2D eigenvalue weighted by Gasteiger charge is 2.24. The van der Waals surface area contributed by atoms with Crippen LogP contribution in [0, 0.1) is 5.82 Å². The number of rotatable bonds is 7. The van der Waals surface area contributed by atoms with Crippen molar-refractivity contribution in [3.63, 3.8) is 0 Å². The normalized spacial score (nSPS) is 15.2. The number of esters is 1. The maximum absolute atomic E-state index is 13.1. The van der Waals surface area contributed by atoms with E-state index in [1.54, 1.807) is 12.1 Å². The van der Waals surface area contributed by atoms with E-state index in [1.165, 1.54) is 34.6 Å². The van der Waals surface area contributed by atoms with Crippen LogP contribution in [0.2, 0.25) is 5.02 Å². The molecule has 3 rings (SSSR count). The second-order valence-corrected chi connectivity index (χ2v) is 9.85. The largest absolute Gasteiger partial charge is 0.452 e. The van der Waals surface area contributed by atoms with Gasteiger partial charge in [0.25, 0.3) is 5.91 Å². The van der Waals surface area contributed by atoms with Gasteiger partial charge in [0.1, 0.15) is 5.82 Å². The summed E-state index contributed by atoms with van der Waals surface area (Å²) in [7, 11) is -3.54. The summed E-state index contributed by atoms with van der Waals surface area (Å²) in [5.74, 6) is -1.97. The van der Waals surface area contributed by atoms with Gasteiger partial charge in [-0.25, -0.2) is 17.6 Å². The van der Waals surface area contributed by atoms with E-state index < -0.39 is 34.3 Å². The molecule has 1 saturated heterocycles. The number of halogens is 2. The van der Waals surface area contributed by atoms with Gasteiger partial charge in [-0.15, -0.1) is 0 Å². The Morgan fingerprint density at radius 2 is 1.73 bits per heavy atom. The van der Waals surface area contributed by atoms with Crippen LogP contribution in [0.4, 0.5) is 10.1 Å². The average molecular weight is 495 g/mol. The first-order valence-electron chi connectivity index (χ1n) is 10.5. The summed E-state index contributed by atoms with van der Waals surface area (Å²) in [6.45, 7) is 0.514. The van der Waals surface area contributed by atoms with Crippen LogP contribution in [0.1, 0.15) is 31.2 Å². The molecular weight excluding hydrogens is 471 g/mol. The Labute approximate surface area is 197 Å². The van der Waals surface area contributed by atoms with Crippen molar-refractivity contribution >= 4 is 45.3 Å². The van der Waals surface area contributed by atoms with Crippen LogP contribution in [0.3, 0.4) is 0 Å². The Balaban J connectivity index is 1.51. The summed E-state index contributed by atoms with van der Waals surface area (Å²) in [6, 6.07) is 9.89. The lowest BCUT2D eigenvalue weighted by molar-refractivity contribution is -0.142. The van der Waals surface area contributed by atoms with Gasteiger partial charge in [-0.3, -0.25) is 4.79 Å². The maximum Gasteiger partial charge on any atom is 0.331 e. The summed E-state index contributed by atoms with van der Waals surface area (Å²) in [5, 5.41) is 2.30. The lowest BCUT2D eigenvalue weighted by atomic mass is 10.2. The molecule has 2 aromatic carbocycles. The molecule has 1 aliphatic heterocycles. The molecule has 0 saturated carbocycles. The van der Waals surface area contributed by atoms with E-state index in [1.807, 2.05) is 0 Å². The van der Waals surface area contributed by atoms with E-state index in [2.05, 4.69) is 5.32 Å². The lowest BCUT2D eigenvalue weighted by Gasteiger charge is -2.19. The van der Waals surface area contributed by atoms with Crippen molar-refractivity contribution in [2.45, 2.75) is 30.6 Å². The molecular formula is C23H24ClFN2O5S. The van der Waals surface area contributed by atoms with Crippen LogP contribution in [-0.4, -0.2) is 44.3 Å². The summed E-state index contributed by atoms with van der Waals surface area (Å²) in [4.78, 5) is 23.9. The first kappa shape index (κ1) is 24.9. The van der Waals surface area contributed by atoms with E-state index in [4.69, 9.17) is 16.3 Å². The fourth-order valence-corrected chi connectivity index (χ4v) is 5.00. The van der Waals surface area contributed by atoms with Crippen LogP contribution in [0.5, 0.6) is 0 Å². The monoisotopic (exact) mass is 494 g/mol. The molecule has 2 aromatic rings. The minimum atomic E-state index is -3.54. The summed E-state index contributed by atoms with van der Waals surface area (Å²) in [5.41, 5.74) is 0.875. The molecule has 1 fully saturated rings. The Morgan fingerprint density at radius 3 is 2.36 bits per heavy atom. The molecule has 1 amide bonds. The Bertz CT molecular complexity index is 1130. The van der Waals surface area contributed by atoms with Crippen molar-refractivity contribution in [1.29, 1.82) is 0 Å². The second-order valence-electron chi connectivity index (χ2n) is 7.51. The number of carbonyl (C=O) groups excluding carboxylic acids is 2. The van der Waals surface area contributed by atoms with Gasteiger partial charge in [0, 0.05) is 24.9 Å². The molecule has 0 aliphatic carbocycles. The molecule has 0 unspecified atom stereocenters. The number of carbonyl (C=O) groups is 2. The molecule has 0 bridgehead atoms. The predicted octanol–water partition coefficient (Wildman–Crippen LogP) is 4.24. The quantitative estimate of drug-likeness (QED) is 0.459. The molecule has 33 heavy (non-hydrogen) atoms. The summed E-state index contributed by atoms with van der Waals surface area (Å²) in [6.07, 6.45) is 6.39. The van der Waals surface area contributed by atoms with Gasteiger partial charge in [0.15, 0.2) is 6.61 Å². The molecule has 1 N–H and O–H groups in total. The Morgan fingerprint density at radius 1 is 1.06 bits per heavy atom. The average Bonchev–Trinajstić information content (AvgIpc) is 3.09. The first-order valence-corrected chi connectivity index (χ1v) is 12.3. The van der Waals surface area contributed by atoms with Crippen molar-refractivity contribution in [3.05, 3.63) is 64.9 Å². The van der Waals surface area contributed by atoms with Gasteiger partial charge in [0.05, 0.1) is 9.92 Å². The predicted molar refractivity (Wildman–Crippen MR) is 124 cm³/mol. The smallest absolute Gasteiger partial charge is 0.331 e. The van der Waals surface area contributed by atoms with E-state index in [9.17, 15) is 22.4 Å². The molecule has 1 aliphatic rings. The van der Waals surface area contributed by atoms with Crippen molar-refractivity contribution in [1.82, 2.24) is 4.31 Å². The van der Waals surface area contributed by atoms with E-state index in [0.717, 1.165) is 37.8 Å². The first-order chi connectivity index (χ1) is 15.8. The van der Waals surface area contributed by atoms with Crippen molar-refractivity contribution in [2.75, 3.05) is 25.0 Å². The van der Waals surface area contributed by atoms with Gasteiger partial charge in [-0.05, 0) is 54.8 Å². The van der Waals surface area contributed by atoms with E-state index in [0.29, 0.717) is 18.7 Å². The van der Waals surface area contributed by atoms with Gasteiger partial charge in [0.2, 0.25) is 10.0 Å². The van der Waals surface area contributed by atoms with Crippen LogP contribution in [0.25, 0.3) is 6.08 Å². The molecule has 0 aromatic heterocycles. The fourth-order valence-electron chi connectivity index (χ4n) is 3.30. The molecule has 7 nitrogen and oxygen atoms in total. The summed E-state index contributed by atoms with van der Waals surface area (Å²) >= 11 is 5.65. The lowest BCUT2D eigenvalue weighted by Crippen LogP contribution is -2.31. The van der Waals surface area contributed by atoms with Gasteiger partial charge in [-0.2, -0.15) is 4.31 Å². The Hall–Kier alpha value is -2.75. The number of sulfonamides is 1. The number of benzene rings is 2. The minimum absolute atomic E-state index is 0.141. The van der Waals surface area contributed by atoms with Crippen molar-refractivity contribution in [2.24, 2.45) is 0 Å². The number of hydrogen-bond acceptors (Lipinski definition) is 5. The fraction of sp³-hybridized carbons (Fsp3) is 0.304. The molecule has 0 radical (unpaired) electrons. The highest BCUT2D eigenvalue weighted by molar-refractivity contribution is 7.89. The van der Waals surface area contributed by atoms with Crippen LogP contribution >= 0.6 is 11.6 Å². The number of hydrogen-bond donors (Lipinski definition) is 1. The van der Waals surface area contributed by atoms with Crippen LogP contribution in [0.15, 0.2) is 53.4 Å². The third-order valence-corrected chi connectivity index (χ3v) is 7.25. The standard InChI is InChI=1S/C23H24ClFN2O5S/c24-20-15-18(8-11-21(20)25)26-22(28)16-32-23(29)12-7-17-5-9-19(10-6-17)33(30,31)27-13-3-1-2-4-14-27/h5-12,15H,1-4,13-14,16H2,(H,26,28)/b12-7+. The third-order valence-electron chi connectivity index (χ3n) is 5.04. The SMILES string of the molecule is O=C(COC(=O)/C=C/c1ccc(S(=O)(=O)N2CCCCCC2)cc1)Nc1ccc(F)c(Cl)c1. The molecule has 0 spiro atoms. The van der Waals surface area contributed by atoms with Gasteiger partial charge < -0.3 is 10.1 Å². The zero-order valence-corrected chi connectivity index (χ0v) is 19.4. The van der Waals surface area contributed by atoms with Gasteiger partial charge in [-0.1, -0.05) is 36.6 Å². The van der Waals surface area contributed by atoms with Crippen LogP contribution < -0.4 is 5.32 Å². The Kier molecular flexibility index (Phi) is 8.60. The maximum atomic E-state index is 13.1. The molecule has 10 heteroatoms. The number of amides is 1. The van der Waals surface area contributed by atoms with Gasteiger partial charge >= 0.3 is 5.97 Å².